The van der Waals surface area contributed by atoms with Crippen LogP contribution in [-0.4, -0.2) is 17.8 Å². The summed E-state index contributed by atoms with van der Waals surface area (Å²) in [6, 6.07) is 18.2. The van der Waals surface area contributed by atoms with E-state index in [1.54, 1.807) is 0 Å². The van der Waals surface area contributed by atoms with Crippen LogP contribution in [0.2, 0.25) is 0 Å². The highest BCUT2D eigenvalue weighted by Gasteiger charge is 2.11. The van der Waals surface area contributed by atoms with Crippen LogP contribution in [0.25, 0.3) is 21.8 Å². The van der Waals surface area contributed by atoms with E-state index >= 15 is 0 Å². The standard InChI is InChI=1S/C21H21NS.C5H9N.2C2H6/c1-3-10-22-20-8-6-15(2)12-18(20)19-14-16(7-9-21(19)22)13-17-5-4-11-23-17;1-5(2)4-6-3;2*1-2/h4-9,11-12,14H,3,10,13H2,1-2H3;1,3-4H2,2H3;2*1-2H3. The van der Waals surface area contributed by atoms with Crippen molar-refractivity contribution in [2.24, 2.45) is 4.99 Å². The Hall–Kier alpha value is -2.65. The third-order valence-corrected chi connectivity index (χ3v) is 5.75. The fourth-order valence-corrected chi connectivity index (χ4v) is 4.38. The summed E-state index contributed by atoms with van der Waals surface area (Å²) in [6.07, 6.45) is 2.18. The smallest absolute Gasteiger partial charge is 0.0587 e. The van der Waals surface area contributed by atoms with Crippen LogP contribution in [0.3, 0.4) is 0 Å². The summed E-state index contributed by atoms with van der Waals surface area (Å²) in [6.45, 7) is 23.0. The van der Waals surface area contributed by atoms with Gasteiger partial charge in [-0.05, 0) is 68.3 Å². The van der Waals surface area contributed by atoms with E-state index in [4.69, 9.17) is 0 Å². The number of aryl methyl sites for hydroxylation is 2. The van der Waals surface area contributed by atoms with Crippen LogP contribution in [-0.2, 0) is 13.0 Å². The summed E-state index contributed by atoms with van der Waals surface area (Å²) in [4.78, 5) is 5.01. The molecule has 0 unspecified atom stereocenters. The highest BCUT2D eigenvalue weighted by molar-refractivity contribution is 7.09. The average molecular weight is 463 g/mol. The fraction of sp³-hybridized carbons (Fsp3) is 0.367. The molecule has 3 heteroatoms. The Morgan fingerprint density at radius 3 is 2.12 bits per heavy atom. The zero-order chi connectivity index (χ0) is 24.8. The third-order valence-electron chi connectivity index (χ3n) is 4.87. The molecule has 0 radical (unpaired) electrons. The second-order valence-electron chi connectivity index (χ2n) is 7.62. The molecule has 0 amide bonds. The van der Waals surface area contributed by atoms with Gasteiger partial charge in [-0.1, -0.05) is 70.5 Å². The number of nitrogens with zero attached hydrogens (tertiary/aromatic N) is 2. The average Bonchev–Trinajstić information content (AvgIpc) is 3.44. The van der Waals surface area contributed by atoms with Crippen LogP contribution >= 0.6 is 11.3 Å². The van der Waals surface area contributed by atoms with Gasteiger partial charge in [0, 0.05) is 39.6 Å². The van der Waals surface area contributed by atoms with Gasteiger partial charge in [0.05, 0.1) is 6.54 Å². The second kappa shape index (κ2) is 15.2. The Labute approximate surface area is 205 Å². The first-order chi connectivity index (χ1) is 16.0. The third kappa shape index (κ3) is 8.01. The molecule has 33 heavy (non-hydrogen) atoms. The largest absolute Gasteiger partial charge is 0.340 e. The number of fused-ring (bicyclic) bond motifs is 3. The van der Waals surface area contributed by atoms with Crippen molar-refractivity contribution in [3.05, 3.63) is 82.1 Å². The van der Waals surface area contributed by atoms with Gasteiger partial charge in [0.1, 0.15) is 0 Å². The summed E-state index contributed by atoms with van der Waals surface area (Å²) < 4.78 is 2.47. The lowest BCUT2D eigenvalue weighted by Crippen LogP contribution is -1.96. The maximum atomic E-state index is 3.61. The number of aromatic nitrogens is 1. The zero-order valence-corrected chi connectivity index (χ0v) is 22.6. The molecule has 178 valence electrons. The molecule has 4 rings (SSSR count). The molecule has 0 spiro atoms. The molecular weight excluding hydrogens is 420 g/mol. The summed E-state index contributed by atoms with van der Waals surface area (Å²) >= 11 is 1.84. The predicted octanol–water partition coefficient (Wildman–Crippen LogP) is 9.48. The maximum absolute atomic E-state index is 3.61. The summed E-state index contributed by atoms with van der Waals surface area (Å²) in [5, 5.41) is 4.94. The van der Waals surface area contributed by atoms with E-state index in [1.165, 1.54) is 37.8 Å². The van der Waals surface area contributed by atoms with Crippen LogP contribution < -0.4 is 0 Å². The monoisotopic (exact) mass is 462 g/mol. The van der Waals surface area contributed by atoms with Gasteiger partial charge in [-0.15, -0.1) is 11.3 Å². The van der Waals surface area contributed by atoms with Crippen molar-refractivity contribution in [3.63, 3.8) is 0 Å². The molecular formula is C30H42N2S. The van der Waals surface area contributed by atoms with Crippen molar-refractivity contribution in [3.8, 4) is 0 Å². The Balaban J connectivity index is 0.000000470. The van der Waals surface area contributed by atoms with Gasteiger partial charge in [0.25, 0.3) is 0 Å². The number of hydrogen-bond acceptors (Lipinski definition) is 2. The maximum Gasteiger partial charge on any atom is 0.0587 e. The minimum absolute atomic E-state index is 0.694. The van der Waals surface area contributed by atoms with E-state index in [0.29, 0.717) is 6.54 Å². The molecule has 0 bridgehead atoms. The van der Waals surface area contributed by atoms with Gasteiger partial charge >= 0.3 is 0 Å². The lowest BCUT2D eigenvalue weighted by molar-refractivity contribution is 0.724. The first-order valence-corrected chi connectivity index (χ1v) is 13.0. The van der Waals surface area contributed by atoms with Gasteiger partial charge < -0.3 is 4.57 Å². The van der Waals surface area contributed by atoms with Crippen molar-refractivity contribution in [2.45, 2.75) is 67.9 Å². The van der Waals surface area contributed by atoms with Crippen LogP contribution in [0.5, 0.6) is 0 Å². The molecule has 0 fully saturated rings. The van der Waals surface area contributed by atoms with Gasteiger partial charge in [0.2, 0.25) is 0 Å². The van der Waals surface area contributed by atoms with E-state index in [2.05, 4.69) is 90.6 Å². The molecule has 0 aliphatic rings. The van der Waals surface area contributed by atoms with Crippen molar-refractivity contribution in [2.75, 3.05) is 6.54 Å². The molecule has 2 aromatic heterocycles. The van der Waals surface area contributed by atoms with Crippen LogP contribution in [0, 0.1) is 6.92 Å². The van der Waals surface area contributed by atoms with Gasteiger partial charge in [-0.2, -0.15) is 0 Å². The Morgan fingerprint density at radius 1 is 0.970 bits per heavy atom. The molecule has 0 N–H and O–H groups in total. The quantitative estimate of drug-likeness (QED) is 0.200. The molecule has 0 aliphatic carbocycles. The summed E-state index contributed by atoms with van der Waals surface area (Å²) in [5.41, 5.74) is 6.52. The van der Waals surface area contributed by atoms with Crippen LogP contribution in [0.4, 0.5) is 0 Å². The molecule has 2 nitrogen and oxygen atoms in total. The fourth-order valence-electron chi connectivity index (χ4n) is 3.64. The molecule has 2 heterocycles. The molecule has 0 saturated carbocycles. The minimum atomic E-state index is 0.694. The topological polar surface area (TPSA) is 17.3 Å². The summed E-state index contributed by atoms with van der Waals surface area (Å²) in [7, 11) is 0. The minimum Gasteiger partial charge on any atom is -0.340 e. The highest BCUT2D eigenvalue weighted by atomic mass is 32.1. The van der Waals surface area contributed by atoms with Crippen molar-refractivity contribution >= 4 is 39.9 Å². The Kier molecular flexibility index (Phi) is 13.1. The zero-order valence-electron chi connectivity index (χ0n) is 21.7. The first kappa shape index (κ1) is 28.4. The molecule has 0 atom stereocenters. The highest BCUT2D eigenvalue weighted by Crippen LogP contribution is 2.31. The van der Waals surface area contributed by atoms with Crippen molar-refractivity contribution < 1.29 is 0 Å². The molecule has 0 aliphatic heterocycles. The number of rotatable bonds is 6. The first-order valence-electron chi connectivity index (χ1n) is 12.1. The normalized spacial score (nSPS) is 9.79. The van der Waals surface area contributed by atoms with E-state index in [1.807, 2.05) is 46.0 Å². The van der Waals surface area contributed by atoms with Gasteiger partial charge in [0.15, 0.2) is 0 Å². The van der Waals surface area contributed by atoms with E-state index < -0.39 is 0 Å². The molecule has 2 aromatic carbocycles. The molecule has 4 aromatic rings. The van der Waals surface area contributed by atoms with E-state index in [0.717, 1.165) is 25.0 Å². The Morgan fingerprint density at radius 2 is 1.61 bits per heavy atom. The number of aliphatic imine (C=N–C) groups is 1. The van der Waals surface area contributed by atoms with Gasteiger partial charge in [-0.3, -0.25) is 4.99 Å². The number of benzene rings is 2. The van der Waals surface area contributed by atoms with Crippen molar-refractivity contribution in [1.29, 1.82) is 0 Å². The van der Waals surface area contributed by atoms with Crippen molar-refractivity contribution in [1.82, 2.24) is 4.57 Å². The Bertz CT molecular complexity index is 1120. The SMILES string of the molecule is C=NCC(=C)C.CC.CC.CCCn1c2ccc(C)cc2c2cc(Cc3cccs3)ccc21. The van der Waals surface area contributed by atoms with E-state index in [9.17, 15) is 0 Å². The molecule has 0 saturated heterocycles. The summed E-state index contributed by atoms with van der Waals surface area (Å²) in [5.74, 6) is 0. The number of thiophene rings is 1. The van der Waals surface area contributed by atoms with Crippen LogP contribution in [0.1, 0.15) is 64.0 Å². The lowest BCUT2D eigenvalue weighted by Gasteiger charge is -2.06. The van der Waals surface area contributed by atoms with Gasteiger partial charge in [-0.25, -0.2) is 0 Å². The predicted molar refractivity (Wildman–Crippen MR) is 154 cm³/mol. The number of hydrogen-bond donors (Lipinski definition) is 0. The second-order valence-corrected chi connectivity index (χ2v) is 8.65. The van der Waals surface area contributed by atoms with E-state index in [-0.39, 0.29) is 0 Å². The van der Waals surface area contributed by atoms with Crippen LogP contribution in [0.15, 0.2) is 71.1 Å². The lowest BCUT2D eigenvalue weighted by atomic mass is 10.1.